The van der Waals surface area contributed by atoms with Crippen molar-refractivity contribution in [1.82, 2.24) is 0 Å². The summed E-state index contributed by atoms with van der Waals surface area (Å²) in [5.41, 5.74) is 2.38. The highest BCUT2D eigenvalue weighted by Gasteiger charge is 2.07. The van der Waals surface area contributed by atoms with Crippen molar-refractivity contribution in [2.75, 3.05) is 6.26 Å². The summed E-state index contributed by atoms with van der Waals surface area (Å²) in [5.74, 6) is 0. The van der Waals surface area contributed by atoms with E-state index in [1.165, 1.54) is 20.5 Å². The molecule has 0 amide bonds. The Labute approximate surface area is 91.8 Å². The first-order chi connectivity index (χ1) is 6.77. The van der Waals surface area contributed by atoms with E-state index in [2.05, 4.69) is 25.3 Å². The first kappa shape index (κ1) is 10.0. The molecule has 2 rings (SSSR count). The molecule has 1 N–H and O–H groups in total. The summed E-state index contributed by atoms with van der Waals surface area (Å²) in [6, 6.07) is 4.24. The zero-order valence-electron chi connectivity index (χ0n) is 8.20. The van der Waals surface area contributed by atoms with Crippen molar-refractivity contribution in [2.24, 2.45) is 0 Å². The Balaban J connectivity index is 2.72. The lowest BCUT2D eigenvalue weighted by molar-refractivity contribution is 0.284. The van der Waals surface area contributed by atoms with E-state index < -0.39 is 0 Å². The van der Waals surface area contributed by atoms with E-state index in [1.54, 1.807) is 23.1 Å². The first-order valence-corrected chi connectivity index (χ1v) is 6.53. The molecule has 3 heteroatoms. The van der Waals surface area contributed by atoms with Crippen LogP contribution in [-0.2, 0) is 6.61 Å². The van der Waals surface area contributed by atoms with Gasteiger partial charge < -0.3 is 5.11 Å². The van der Waals surface area contributed by atoms with Crippen LogP contribution < -0.4 is 0 Å². The third-order valence-electron chi connectivity index (χ3n) is 2.41. The van der Waals surface area contributed by atoms with Crippen LogP contribution in [0.1, 0.15) is 11.1 Å². The Bertz CT molecular complexity index is 460. The average Bonchev–Trinajstić information content (AvgIpc) is 2.62. The largest absolute Gasteiger partial charge is 0.392 e. The summed E-state index contributed by atoms with van der Waals surface area (Å²) >= 11 is 3.49. The van der Waals surface area contributed by atoms with Crippen LogP contribution in [-0.4, -0.2) is 11.4 Å². The number of hydrogen-bond acceptors (Lipinski definition) is 3. The number of rotatable bonds is 2. The maximum Gasteiger partial charge on any atom is 0.0696 e. The van der Waals surface area contributed by atoms with Crippen molar-refractivity contribution >= 4 is 33.2 Å². The van der Waals surface area contributed by atoms with Gasteiger partial charge in [0.05, 0.1) is 6.61 Å². The summed E-state index contributed by atoms with van der Waals surface area (Å²) < 4.78 is 1.31. The van der Waals surface area contributed by atoms with Gasteiger partial charge in [0.15, 0.2) is 0 Å². The minimum absolute atomic E-state index is 0.137. The second-order valence-electron chi connectivity index (χ2n) is 3.19. The molecule has 1 aromatic heterocycles. The van der Waals surface area contributed by atoms with Gasteiger partial charge in [-0.1, -0.05) is 6.07 Å². The van der Waals surface area contributed by atoms with Crippen molar-refractivity contribution in [2.45, 2.75) is 18.4 Å². The molecule has 0 aliphatic rings. The van der Waals surface area contributed by atoms with Crippen molar-refractivity contribution in [1.29, 1.82) is 0 Å². The van der Waals surface area contributed by atoms with E-state index in [9.17, 15) is 0 Å². The SMILES string of the molecule is CSc1ccc2c(CO)csc2c1C. The summed E-state index contributed by atoms with van der Waals surface area (Å²) in [7, 11) is 0. The van der Waals surface area contributed by atoms with Crippen molar-refractivity contribution in [3.8, 4) is 0 Å². The molecule has 0 radical (unpaired) electrons. The zero-order chi connectivity index (χ0) is 10.1. The smallest absolute Gasteiger partial charge is 0.0696 e. The molecule has 2 aromatic rings. The maximum absolute atomic E-state index is 9.14. The molecule has 1 nitrogen and oxygen atoms in total. The van der Waals surface area contributed by atoms with Crippen LogP contribution in [0, 0.1) is 6.92 Å². The molecule has 0 aliphatic carbocycles. The Morgan fingerprint density at radius 2 is 2.21 bits per heavy atom. The fourth-order valence-corrected chi connectivity index (χ4v) is 3.37. The number of thioether (sulfide) groups is 1. The molecule has 0 aliphatic heterocycles. The maximum atomic E-state index is 9.14. The van der Waals surface area contributed by atoms with E-state index >= 15 is 0 Å². The van der Waals surface area contributed by atoms with Gasteiger partial charge in [0.25, 0.3) is 0 Å². The summed E-state index contributed by atoms with van der Waals surface area (Å²) in [6.07, 6.45) is 2.09. The normalized spacial score (nSPS) is 11.1. The third kappa shape index (κ3) is 1.45. The summed E-state index contributed by atoms with van der Waals surface area (Å²) in [6.45, 7) is 2.28. The number of aryl methyl sites for hydroxylation is 1. The number of aliphatic hydroxyl groups is 1. The lowest BCUT2D eigenvalue weighted by Gasteiger charge is -2.03. The first-order valence-electron chi connectivity index (χ1n) is 4.42. The number of hydrogen-bond donors (Lipinski definition) is 1. The molecular weight excluding hydrogens is 212 g/mol. The van der Waals surface area contributed by atoms with Gasteiger partial charge in [-0.2, -0.15) is 0 Å². The monoisotopic (exact) mass is 224 g/mol. The highest BCUT2D eigenvalue weighted by molar-refractivity contribution is 7.98. The second kappa shape index (κ2) is 3.93. The lowest BCUT2D eigenvalue weighted by atomic mass is 10.1. The van der Waals surface area contributed by atoms with Crippen molar-refractivity contribution in [3.05, 3.63) is 28.6 Å². The number of fused-ring (bicyclic) bond motifs is 1. The van der Waals surface area contributed by atoms with Gasteiger partial charge in [0, 0.05) is 9.60 Å². The Hall–Kier alpha value is -0.510. The Kier molecular flexibility index (Phi) is 2.81. The Morgan fingerprint density at radius 1 is 1.43 bits per heavy atom. The summed E-state index contributed by atoms with van der Waals surface area (Å²) in [4.78, 5) is 1.32. The molecule has 0 unspecified atom stereocenters. The number of aliphatic hydroxyl groups excluding tert-OH is 1. The summed E-state index contributed by atoms with van der Waals surface area (Å²) in [5, 5.41) is 12.4. The predicted molar refractivity (Wildman–Crippen MR) is 64.3 cm³/mol. The van der Waals surface area contributed by atoms with Gasteiger partial charge in [-0.3, -0.25) is 0 Å². The van der Waals surface area contributed by atoms with E-state index in [0.29, 0.717) is 0 Å². The van der Waals surface area contributed by atoms with Gasteiger partial charge in [-0.05, 0) is 41.1 Å². The lowest BCUT2D eigenvalue weighted by Crippen LogP contribution is -1.82. The molecule has 0 saturated carbocycles. The molecule has 0 atom stereocenters. The van der Waals surface area contributed by atoms with Gasteiger partial charge in [0.2, 0.25) is 0 Å². The third-order valence-corrected chi connectivity index (χ3v) is 4.46. The molecule has 74 valence electrons. The van der Waals surface area contributed by atoms with Crippen LogP contribution >= 0.6 is 23.1 Å². The average molecular weight is 224 g/mol. The molecule has 0 saturated heterocycles. The van der Waals surface area contributed by atoms with E-state index in [0.717, 1.165) is 5.56 Å². The topological polar surface area (TPSA) is 20.2 Å². The van der Waals surface area contributed by atoms with Crippen molar-refractivity contribution in [3.63, 3.8) is 0 Å². The van der Waals surface area contributed by atoms with E-state index in [1.807, 2.05) is 5.38 Å². The van der Waals surface area contributed by atoms with Crippen LogP contribution in [0.25, 0.3) is 10.1 Å². The molecular formula is C11H12OS2. The second-order valence-corrected chi connectivity index (χ2v) is 4.92. The van der Waals surface area contributed by atoms with Gasteiger partial charge in [0.1, 0.15) is 0 Å². The molecule has 14 heavy (non-hydrogen) atoms. The molecule has 1 heterocycles. The fraction of sp³-hybridized carbons (Fsp3) is 0.273. The van der Waals surface area contributed by atoms with Gasteiger partial charge >= 0.3 is 0 Å². The molecule has 0 spiro atoms. The van der Waals surface area contributed by atoms with Crippen LogP contribution in [0.4, 0.5) is 0 Å². The van der Waals surface area contributed by atoms with Crippen LogP contribution in [0.2, 0.25) is 0 Å². The fourth-order valence-electron chi connectivity index (χ4n) is 1.62. The predicted octanol–water partition coefficient (Wildman–Crippen LogP) is 3.42. The van der Waals surface area contributed by atoms with Crippen molar-refractivity contribution < 1.29 is 5.11 Å². The van der Waals surface area contributed by atoms with Crippen LogP contribution in [0.15, 0.2) is 22.4 Å². The minimum Gasteiger partial charge on any atom is -0.392 e. The number of thiophene rings is 1. The standard InChI is InChI=1S/C11H12OS2/c1-7-10(13-2)4-3-9-8(5-12)6-14-11(7)9/h3-4,6,12H,5H2,1-2H3. The quantitative estimate of drug-likeness (QED) is 0.789. The molecule has 1 aromatic carbocycles. The Morgan fingerprint density at radius 3 is 2.86 bits per heavy atom. The zero-order valence-corrected chi connectivity index (χ0v) is 9.84. The highest BCUT2D eigenvalue weighted by Crippen LogP contribution is 2.33. The van der Waals surface area contributed by atoms with Gasteiger partial charge in [-0.15, -0.1) is 23.1 Å². The minimum atomic E-state index is 0.137. The molecule has 0 bridgehead atoms. The van der Waals surface area contributed by atoms with Crippen LogP contribution in [0.5, 0.6) is 0 Å². The highest BCUT2D eigenvalue weighted by atomic mass is 32.2. The van der Waals surface area contributed by atoms with Gasteiger partial charge in [-0.25, -0.2) is 0 Å². The number of benzene rings is 1. The van der Waals surface area contributed by atoms with E-state index in [4.69, 9.17) is 5.11 Å². The molecule has 0 fully saturated rings. The van der Waals surface area contributed by atoms with E-state index in [-0.39, 0.29) is 6.61 Å². The van der Waals surface area contributed by atoms with Crippen LogP contribution in [0.3, 0.4) is 0 Å².